The van der Waals surface area contributed by atoms with Crippen molar-refractivity contribution in [1.29, 1.82) is 0 Å². The smallest absolute Gasteiger partial charge is 0.338 e. The number of nitrogens with one attached hydrogen (secondary N) is 1. The van der Waals surface area contributed by atoms with Gasteiger partial charge in [-0.1, -0.05) is 0 Å². The third-order valence-electron chi connectivity index (χ3n) is 2.87. The molecule has 0 bridgehead atoms. The first-order valence-corrected chi connectivity index (χ1v) is 5.43. The molecule has 18 heavy (non-hydrogen) atoms. The second-order valence-electron chi connectivity index (χ2n) is 4.75. The van der Waals surface area contributed by atoms with Crippen molar-refractivity contribution >= 4 is 17.3 Å². The number of nitrogens with two attached hydrogens (primary N) is 1. The highest BCUT2D eigenvalue weighted by Crippen LogP contribution is 2.27. The van der Waals surface area contributed by atoms with Crippen LogP contribution in [0.5, 0.6) is 0 Å². The van der Waals surface area contributed by atoms with Crippen molar-refractivity contribution in [2.45, 2.75) is 32.4 Å². The number of aromatic carboxylic acids is 1. The van der Waals surface area contributed by atoms with E-state index in [0.717, 1.165) is 12.1 Å². The van der Waals surface area contributed by atoms with Crippen molar-refractivity contribution in [3.63, 3.8) is 0 Å². The maximum atomic E-state index is 13.5. The zero-order valence-corrected chi connectivity index (χ0v) is 10.5. The highest BCUT2D eigenvalue weighted by atomic mass is 19.1. The third-order valence-corrected chi connectivity index (χ3v) is 2.87. The first-order chi connectivity index (χ1) is 8.15. The molecule has 0 spiro atoms. The van der Waals surface area contributed by atoms with Crippen molar-refractivity contribution < 1.29 is 19.4 Å². The quantitative estimate of drug-likeness (QED) is 0.615. The Morgan fingerprint density at radius 3 is 2.50 bits per heavy atom. The van der Waals surface area contributed by atoms with E-state index < -0.39 is 29.0 Å². The SMILES string of the molecule is CC(O)C(C)(C)Nc1cc(F)c(C(=O)O)cc1N. The van der Waals surface area contributed by atoms with Gasteiger partial charge in [-0.3, -0.25) is 0 Å². The van der Waals surface area contributed by atoms with Crippen LogP contribution in [0.15, 0.2) is 12.1 Å². The molecule has 0 aliphatic heterocycles. The summed E-state index contributed by atoms with van der Waals surface area (Å²) in [4.78, 5) is 10.7. The number of aliphatic hydroxyl groups is 1. The van der Waals surface area contributed by atoms with Crippen LogP contribution >= 0.6 is 0 Å². The lowest BCUT2D eigenvalue weighted by molar-refractivity contribution is 0.0692. The van der Waals surface area contributed by atoms with Crippen LogP contribution in [0.4, 0.5) is 15.8 Å². The van der Waals surface area contributed by atoms with Crippen LogP contribution in [0.1, 0.15) is 31.1 Å². The summed E-state index contributed by atoms with van der Waals surface area (Å²) in [5, 5.41) is 21.2. The van der Waals surface area contributed by atoms with Crippen LogP contribution < -0.4 is 11.1 Å². The van der Waals surface area contributed by atoms with Crippen LogP contribution in [-0.2, 0) is 0 Å². The molecule has 6 heteroatoms. The Balaban J connectivity index is 3.13. The highest BCUT2D eigenvalue weighted by molar-refractivity contribution is 5.90. The number of carboxylic acid groups (broad SMARTS) is 1. The van der Waals surface area contributed by atoms with Crippen LogP contribution in [0.3, 0.4) is 0 Å². The number of benzene rings is 1. The van der Waals surface area contributed by atoms with E-state index >= 15 is 0 Å². The number of rotatable bonds is 4. The summed E-state index contributed by atoms with van der Waals surface area (Å²) >= 11 is 0. The van der Waals surface area contributed by atoms with E-state index in [4.69, 9.17) is 10.8 Å². The zero-order chi connectivity index (χ0) is 14.1. The molecule has 0 aliphatic rings. The van der Waals surface area contributed by atoms with Crippen LogP contribution in [0.2, 0.25) is 0 Å². The molecule has 0 radical (unpaired) electrons. The van der Waals surface area contributed by atoms with Gasteiger partial charge in [-0.2, -0.15) is 0 Å². The largest absolute Gasteiger partial charge is 0.478 e. The molecule has 100 valence electrons. The number of nitrogen functional groups attached to an aromatic ring is 1. The normalized spacial score (nSPS) is 13.2. The Hall–Kier alpha value is -1.82. The minimum absolute atomic E-state index is 0.113. The molecule has 1 unspecified atom stereocenters. The predicted molar refractivity (Wildman–Crippen MR) is 67.2 cm³/mol. The second kappa shape index (κ2) is 4.81. The first-order valence-electron chi connectivity index (χ1n) is 5.43. The number of halogens is 1. The molecule has 1 aromatic carbocycles. The highest BCUT2D eigenvalue weighted by Gasteiger charge is 2.25. The minimum atomic E-state index is -1.37. The lowest BCUT2D eigenvalue weighted by Crippen LogP contribution is -2.42. The van der Waals surface area contributed by atoms with Crippen LogP contribution in [0.25, 0.3) is 0 Å². The predicted octanol–water partition coefficient (Wildman–Crippen LogP) is 1.68. The summed E-state index contributed by atoms with van der Waals surface area (Å²) in [5.41, 5.74) is 4.83. The van der Waals surface area contributed by atoms with E-state index in [1.54, 1.807) is 20.8 Å². The number of carbonyl (C=O) groups is 1. The van der Waals surface area contributed by atoms with Gasteiger partial charge in [-0.05, 0) is 32.9 Å². The van der Waals surface area contributed by atoms with Crippen molar-refractivity contribution in [2.24, 2.45) is 0 Å². The fourth-order valence-corrected chi connectivity index (χ4v) is 1.31. The fraction of sp³-hybridized carbons (Fsp3) is 0.417. The van der Waals surface area contributed by atoms with Crippen molar-refractivity contribution in [2.75, 3.05) is 11.1 Å². The maximum absolute atomic E-state index is 13.5. The number of anilines is 2. The van der Waals surface area contributed by atoms with E-state index in [-0.39, 0.29) is 11.4 Å². The average Bonchev–Trinajstić information content (AvgIpc) is 2.21. The standard InChI is InChI=1S/C12H17FN2O3/c1-6(16)12(2,3)15-10-5-8(13)7(11(17)18)4-9(10)14/h4-6,15-16H,14H2,1-3H3,(H,17,18). The number of aliphatic hydroxyl groups excluding tert-OH is 1. The molecule has 0 amide bonds. The molecule has 0 aliphatic carbocycles. The number of hydrogen-bond acceptors (Lipinski definition) is 4. The minimum Gasteiger partial charge on any atom is -0.478 e. The topological polar surface area (TPSA) is 95.6 Å². The van der Waals surface area contributed by atoms with Gasteiger partial charge in [-0.25, -0.2) is 9.18 Å². The average molecular weight is 256 g/mol. The van der Waals surface area contributed by atoms with Crippen molar-refractivity contribution in [1.82, 2.24) is 0 Å². The van der Waals surface area contributed by atoms with Crippen molar-refractivity contribution in [3.8, 4) is 0 Å². The van der Waals surface area contributed by atoms with E-state index in [9.17, 15) is 14.3 Å². The molecule has 0 heterocycles. The van der Waals surface area contributed by atoms with Gasteiger partial charge < -0.3 is 21.3 Å². The summed E-state index contributed by atoms with van der Waals surface area (Å²) in [7, 11) is 0. The van der Waals surface area contributed by atoms with Gasteiger partial charge in [0.05, 0.1) is 28.6 Å². The summed E-state index contributed by atoms with van der Waals surface area (Å²) < 4.78 is 13.5. The Labute approximate surface area is 104 Å². The van der Waals surface area contributed by atoms with Gasteiger partial charge >= 0.3 is 5.97 Å². The molecule has 1 aromatic rings. The Bertz CT molecular complexity index is 473. The maximum Gasteiger partial charge on any atom is 0.338 e. The molecular weight excluding hydrogens is 239 g/mol. The van der Waals surface area contributed by atoms with E-state index in [2.05, 4.69) is 5.32 Å². The van der Waals surface area contributed by atoms with Gasteiger partial charge in [0.15, 0.2) is 0 Å². The summed E-state index contributed by atoms with van der Waals surface area (Å²) in [6.45, 7) is 5.03. The zero-order valence-electron chi connectivity index (χ0n) is 10.5. The Kier molecular flexibility index (Phi) is 3.81. The van der Waals surface area contributed by atoms with Gasteiger partial charge in [0.25, 0.3) is 0 Å². The monoisotopic (exact) mass is 256 g/mol. The second-order valence-corrected chi connectivity index (χ2v) is 4.75. The van der Waals surface area contributed by atoms with E-state index in [0.29, 0.717) is 0 Å². The fourth-order valence-electron chi connectivity index (χ4n) is 1.31. The Morgan fingerprint density at radius 2 is 2.06 bits per heavy atom. The number of carboxylic acids is 1. The Morgan fingerprint density at radius 1 is 1.50 bits per heavy atom. The van der Waals surface area contributed by atoms with Gasteiger partial charge in [-0.15, -0.1) is 0 Å². The third kappa shape index (κ3) is 2.89. The van der Waals surface area contributed by atoms with Crippen molar-refractivity contribution in [3.05, 3.63) is 23.5 Å². The summed E-state index contributed by atoms with van der Waals surface area (Å²) in [6.07, 6.45) is -0.695. The van der Waals surface area contributed by atoms with E-state index in [1.165, 1.54) is 0 Å². The molecule has 0 aromatic heterocycles. The summed E-state index contributed by atoms with van der Waals surface area (Å²) in [5.74, 6) is -2.25. The van der Waals surface area contributed by atoms with Crippen LogP contribution in [0, 0.1) is 5.82 Å². The molecule has 0 saturated heterocycles. The van der Waals surface area contributed by atoms with E-state index in [1.807, 2.05) is 0 Å². The molecule has 1 rings (SSSR count). The first kappa shape index (κ1) is 14.2. The lowest BCUT2D eigenvalue weighted by atomic mass is 9.98. The molecule has 0 saturated carbocycles. The molecule has 5 nitrogen and oxygen atoms in total. The van der Waals surface area contributed by atoms with Gasteiger partial charge in [0.2, 0.25) is 0 Å². The molecule has 0 fully saturated rings. The van der Waals surface area contributed by atoms with Crippen LogP contribution in [-0.4, -0.2) is 27.8 Å². The van der Waals surface area contributed by atoms with Gasteiger partial charge in [0.1, 0.15) is 5.82 Å². The van der Waals surface area contributed by atoms with Gasteiger partial charge in [0, 0.05) is 0 Å². The molecule has 5 N–H and O–H groups in total. The molecular formula is C12H17FN2O3. The number of hydrogen-bond donors (Lipinski definition) is 4. The molecule has 1 atom stereocenters. The summed E-state index contributed by atoms with van der Waals surface area (Å²) in [6, 6.07) is 2.07. The lowest BCUT2D eigenvalue weighted by Gasteiger charge is -2.31.